The molecule has 1 atom stereocenters. The van der Waals surface area contributed by atoms with E-state index in [0.29, 0.717) is 13.1 Å². The van der Waals surface area contributed by atoms with Gasteiger partial charge in [0.2, 0.25) is 5.91 Å². The Labute approximate surface area is 137 Å². The number of carbonyl (C=O) groups is 1. The summed E-state index contributed by atoms with van der Waals surface area (Å²) in [5, 5.41) is 0. The summed E-state index contributed by atoms with van der Waals surface area (Å²) in [5.41, 5.74) is 0.821. The lowest BCUT2D eigenvalue weighted by atomic mass is 10.1. The van der Waals surface area contributed by atoms with Crippen molar-refractivity contribution in [2.24, 2.45) is 0 Å². The maximum Gasteiger partial charge on any atom is 0.308 e. The Morgan fingerprint density at radius 3 is 2.83 bits per heavy atom. The smallest absolute Gasteiger partial charge is 0.308 e. The first kappa shape index (κ1) is 17.7. The van der Waals surface area contributed by atoms with E-state index in [1.165, 1.54) is 13.8 Å². The maximum atomic E-state index is 11.8. The van der Waals surface area contributed by atoms with Gasteiger partial charge in [0.25, 0.3) is 0 Å². The van der Waals surface area contributed by atoms with Crippen LogP contribution in [0.5, 0.6) is 5.75 Å². The minimum absolute atomic E-state index is 0.0343. The van der Waals surface area contributed by atoms with E-state index < -0.39 is 10.1 Å². The molecule has 0 aliphatic carbocycles. The van der Waals surface area contributed by atoms with Gasteiger partial charge in [-0.25, -0.2) is 0 Å². The summed E-state index contributed by atoms with van der Waals surface area (Å²) in [6, 6.07) is 6.81. The predicted molar refractivity (Wildman–Crippen MR) is 86.6 cm³/mol. The van der Waals surface area contributed by atoms with Crippen LogP contribution in [0.4, 0.5) is 0 Å². The molecule has 2 rings (SSSR count). The van der Waals surface area contributed by atoms with E-state index in [4.69, 9.17) is 8.92 Å². The van der Waals surface area contributed by atoms with Crippen LogP contribution >= 0.6 is 0 Å². The summed E-state index contributed by atoms with van der Waals surface area (Å²) in [6.45, 7) is 4.75. The van der Waals surface area contributed by atoms with Gasteiger partial charge in [0.15, 0.2) is 0 Å². The van der Waals surface area contributed by atoms with Crippen molar-refractivity contribution in [1.82, 2.24) is 4.90 Å². The topological polar surface area (TPSA) is 72.9 Å². The normalized spacial score (nSPS) is 17.9. The van der Waals surface area contributed by atoms with Gasteiger partial charge < -0.3 is 13.8 Å². The Balaban J connectivity index is 2.06. The number of ether oxygens (including phenoxy) is 1. The van der Waals surface area contributed by atoms with Gasteiger partial charge in [-0.2, -0.15) is 8.42 Å². The number of benzene rings is 1. The molecule has 0 aromatic heterocycles. The maximum absolute atomic E-state index is 11.8. The van der Waals surface area contributed by atoms with E-state index in [2.05, 4.69) is 0 Å². The van der Waals surface area contributed by atoms with Gasteiger partial charge in [0.05, 0.1) is 11.9 Å². The fourth-order valence-electron chi connectivity index (χ4n) is 2.46. The first-order valence-electron chi connectivity index (χ1n) is 7.78. The molecule has 128 valence electrons. The molecule has 1 aliphatic rings. The molecule has 0 saturated carbocycles. The van der Waals surface area contributed by atoms with Crippen LogP contribution in [0.15, 0.2) is 24.3 Å². The number of hydrogen-bond acceptors (Lipinski definition) is 5. The van der Waals surface area contributed by atoms with Crippen LogP contribution in [0.2, 0.25) is 0 Å². The molecule has 1 fully saturated rings. The summed E-state index contributed by atoms with van der Waals surface area (Å²) < 4.78 is 33.7. The van der Waals surface area contributed by atoms with Crippen molar-refractivity contribution >= 4 is 16.0 Å². The quantitative estimate of drug-likeness (QED) is 0.709. The lowest BCUT2D eigenvalue weighted by molar-refractivity contribution is -0.131. The predicted octanol–water partition coefficient (Wildman–Crippen LogP) is 1.94. The third-order valence-corrected chi connectivity index (χ3v) is 4.90. The molecule has 1 amide bonds. The van der Waals surface area contributed by atoms with Crippen molar-refractivity contribution in [2.45, 2.75) is 39.3 Å². The second-order valence-electron chi connectivity index (χ2n) is 5.61. The van der Waals surface area contributed by atoms with Gasteiger partial charge in [-0.1, -0.05) is 12.1 Å². The Bertz CT molecular complexity index is 638. The summed E-state index contributed by atoms with van der Waals surface area (Å²) in [7, 11) is -3.55. The largest absolute Gasteiger partial charge is 0.382 e. The first-order chi connectivity index (χ1) is 10.9. The van der Waals surface area contributed by atoms with Crippen molar-refractivity contribution in [3.63, 3.8) is 0 Å². The number of nitrogens with zero attached hydrogens (tertiary/aromatic N) is 1. The van der Waals surface area contributed by atoms with Crippen LogP contribution in [-0.4, -0.2) is 44.2 Å². The zero-order valence-corrected chi connectivity index (χ0v) is 14.3. The van der Waals surface area contributed by atoms with Crippen LogP contribution in [0.3, 0.4) is 0 Å². The van der Waals surface area contributed by atoms with E-state index in [9.17, 15) is 13.2 Å². The van der Waals surface area contributed by atoms with Gasteiger partial charge >= 0.3 is 10.1 Å². The second-order valence-corrected chi connectivity index (χ2v) is 7.47. The van der Waals surface area contributed by atoms with Crippen LogP contribution in [0.25, 0.3) is 0 Å². The van der Waals surface area contributed by atoms with Gasteiger partial charge in [-0.05, 0) is 37.5 Å². The molecule has 1 aliphatic heterocycles. The standard InChI is InChI=1S/C16H23NO5S/c1-3-23(19,20)22-15-7-4-6-14(10-15)11-17(13(2)18)12-16-8-5-9-21-16/h4,6-7,10,16H,3,5,8-9,11-12H2,1-2H3. The third-order valence-electron chi connectivity index (χ3n) is 3.74. The van der Waals surface area contributed by atoms with Gasteiger partial charge in [0.1, 0.15) is 5.75 Å². The van der Waals surface area contributed by atoms with Crippen molar-refractivity contribution in [3.8, 4) is 5.75 Å². The van der Waals surface area contributed by atoms with Gasteiger partial charge in [0, 0.05) is 26.6 Å². The highest BCUT2D eigenvalue weighted by molar-refractivity contribution is 7.87. The monoisotopic (exact) mass is 341 g/mol. The summed E-state index contributed by atoms with van der Waals surface area (Å²) in [5.74, 6) is 0.147. The molecule has 1 aromatic carbocycles. The number of carbonyl (C=O) groups excluding carboxylic acids is 1. The fourth-order valence-corrected chi connectivity index (χ4v) is 2.97. The minimum atomic E-state index is -3.55. The molecule has 1 aromatic rings. The van der Waals surface area contributed by atoms with E-state index >= 15 is 0 Å². The first-order valence-corrected chi connectivity index (χ1v) is 9.35. The molecule has 1 unspecified atom stereocenters. The molecule has 0 radical (unpaired) electrons. The molecular weight excluding hydrogens is 318 g/mol. The van der Waals surface area contributed by atoms with Crippen molar-refractivity contribution in [1.29, 1.82) is 0 Å². The van der Waals surface area contributed by atoms with Crippen LogP contribution < -0.4 is 4.18 Å². The number of rotatable bonds is 7. The summed E-state index contributed by atoms with van der Waals surface area (Å²) >= 11 is 0. The van der Waals surface area contributed by atoms with Gasteiger partial charge in [-0.3, -0.25) is 4.79 Å². The second kappa shape index (κ2) is 7.79. The Morgan fingerprint density at radius 1 is 1.43 bits per heavy atom. The summed E-state index contributed by atoms with van der Waals surface area (Å²) in [6.07, 6.45) is 2.06. The van der Waals surface area contributed by atoms with E-state index in [1.54, 1.807) is 23.1 Å². The molecule has 1 saturated heterocycles. The minimum Gasteiger partial charge on any atom is -0.382 e. The molecular formula is C16H23NO5S. The van der Waals surface area contributed by atoms with Crippen LogP contribution in [-0.2, 0) is 26.2 Å². The van der Waals surface area contributed by atoms with E-state index in [1.807, 2.05) is 6.07 Å². The highest BCUT2D eigenvalue weighted by Gasteiger charge is 2.21. The molecule has 1 heterocycles. The van der Waals surface area contributed by atoms with Crippen molar-refractivity contribution < 1.29 is 22.1 Å². The number of hydrogen-bond donors (Lipinski definition) is 0. The van der Waals surface area contributed by atoms with Crippen LogP contribution in [0, 0.1) is 0 Å². The number of amides is 1. The average Bonchev–Trinajstić information content (AvgIpc) is 2.99. The van der Waals surface area contributed by atoms with Gasteiger partial charge in [-0.15, -0.1) is 0 Å². The Hall–Kier alpha value is -1.60. The average molecular weight is 341 g/mol. The molecule has 23 heavy (non-hydrogen) atoms. The Morgan fingerprint density at radius 2 is 2.22 bits per heavy atom. The van der Waals surface area contributed by atoms with Crippen molar-refractivity contribution in [2.75, 3.05) is 18.9 Å². The highest BCUT2D eigenvalue weighted by Crippen LogP contribution is 2.19. The SMILES string of the molecule is CCS(=O)(=O)Oc1cccc(CN(CC2CCCO2)C(C)=O)c1. The zero-order chi connectivity index (χ0) is 16.9. The third kappa shape index (κ3) is 5.51. The van der Waals surface area contributed by atoms with E-state index in [0.717, 1.165) is 25.0 Å². The van der Waals surface area contributed by atoms with E-state index in [-0.39, 0.29) is 23.5 Å². The van der Waals surface area contributed by atoms with Crippen molar-refractivity contribution in [3.05, 3.63) is 29.8 Å². The molecule has 0 bridgehead atoms. The fraction of sp³-hybridized carbons (Fsp3) is 0.562. The molecule has 7 heteroatoms. The molecule has 6 nitrogen and oxygen atoms in total. The lowest BCUT2D eigenvalue weighted by Gasteiger charge is -2.24. The highest BCUT2D eigenvalue weighted by atomic mass is 32.2. The Kier molecular flexibility index (Phi) is 6.01. The molecule has 0 N–H and O–H groups in total. The molecule has 0 spiro atoms. The summed E-state index contributed by atoms with van der Waals surface area (Å²) in [4.78, 5) is 13.6. The zero-order valence-electron chi connectivity index (χ0n) is 13.5. The lowest BCUT2D eigenvalue weighted by Crippen LogP contribution is -2.35. The van der Waals surface area contributed by atoms with Crippen LogP contribution in [0.1, 0.15) is 32.3 Å².